The SMILES string of the molecule is Cc1cc(C)nc(N(C)C2CCC34CCC2C32c3cc(O)ccc3CC2CN(CCNC(=O)OC(C)(C)C)C4C)n1. The molecule has 2 heterocycles. The molecule has 2 aromatic rings. The van der Waals surface area contributed by atoms with Crippen LogP contribution in [0.1, 0.15) is 75.9 Å². The normalized spacial score (nSPS) is 32.2. The van der Waals surface area contributed by atoms with E-state index in [1.54, 1.807) is 0 Å². The molecule has 6 atom stereocenters. The molecular weight excluding hydrogens is 514 g/mol. The molecule has 1 aliphatic heterocycles. The van der Waals surface area contributed by atoms with Gasteiger partial charge in [-0.2, -0.15) is 0 Å². The van der Waals surface area contributed by atoms with Crippen LogP contribution < -0.4 is 10.2 Å². The quantitative estimate of drug-likeness (QED) is 0.523. The van der Waals surface area contributed by atoms with Crippen LogP contribution in [0.25, 0.3) is 0 Å². The molecule has 2 bridgehead atoms. The molecule has 3 aliphatic carbocycles. The number of phenolic OH excluding ortho intramolecular Hbond substituents is 1. The van der Waals surface area contributed by atoms with Crippen molar-refractivity contribution in [1.29, 1.82) is 0 Å². The summed E-state index contributed by atoms with van der Waals surface area (Å²) in [4.78, 5) is 27.1. The second-order valence-electron chi connectivity index (χ2n) is 14.2. The van der Waals surface area contributed by atoms with Crippen LogP contribution in [0.2, 0.25) is 0 Å². The summed E-state index contributed by atoms with van der Waals surface area (Å²) in [5.41, 5.74) is 4.42. The van der Waals surface area contributed by atoms with Gasteiger partial charge in [-0.1, -0.05) is 6.07 Å². The first-order valence-corrected chi connectivity index (χ1v) is 15.4. The number of nitrogens with one attached hydrogen (secondary N) is 1. The van der Waals surface area contributed by atoms with Crippen LogP contribution in [0.4, 0.5) is 10.7 Å². The van der Waals surface area contributed by atoms with E-state index in [0.717, 1.165) is 49.7 Å². The number of nitrogens with zero attached hydrogens (tertiary/aromatic N) is 4. The Bertz CT molecular complexity index is 1320. The zero-order valence-corrected chi connectivity index (χ0v) is 25.8. The number of phenols is 1. The maximum Gasteiger partial charge on any atom is 0.407 e. The fraction of sp³-hybridized carbons (Fsp3) is 0.667. The lowest BCUT2D eigenvalue weighted by Crippen LogP contribution is -2.69. The topological polar surface area (TPSA) is 90.8 Å². The van der Waals surface area contributed by atoms with E-state index in [-0.39, 0.29) is 16.9 Å². The number of benzene rings is 1. The number of carbonyl (C=O) groups excluding carboxylic acids is 1. The second-order valence-corrected chi connectivity index (χ2v) is 14.2. The van der Waals surface area contributed by atoms with Crippen LogP contribution in [0.5, 0.6) is 5.75 Å². The van der Waals surface area contributed by atoms with Crippen molar-refractivity contribution in [2.75, 3.05) is 31.6 Å². The molecule has 8 heteroatoms. The number of hydrogen-bond acceptors (Lipinski definition) is 7. The number of hydrogen-bond donors (Lipinski definition) is 2. The number of amides is 1. The van der Waals surface area contributed by atoms with Gasteiger partial charge in [0.05, 0.1) is 0 Å². The molecule has 222 valence electrons. The Hall–Kier alpha value is -2.87. The highest BCUT2D eigenvalue weighted by atomic mass is 16.6. The lowest BCUT2D eigenvalue weighted by atomic mass is 9.45. The minimum Gasteiger partial charge on any atom is -0.508 e. The first-order chi connectivity index (χ1) is 19.4. The number of anilines is 1. The third-order valence-electron chi connectivity index (χ3n) is 11.0. The molecule has 1 amide bonds. The Morgan fingerprint density at radius 2 is 1.88 bits per heavy atom. The number of aromatic nitrogens is 2. The zero-order valence-electron chi connectivity index (χ0n) is 25.8. The van der Waals surface area contributed by atoms with E-state index >= 15 is 0 Å². The van der Waals surface area contributed by atoms with Crippen LogP contribution in [-0.2, 0) is 16.6 Å². The van der Waals surface area contributed by atoms with Gasteiger partial charge >= 0.3 is 6.09 Å². The van der Waals surface area contributed by atoms with Gasteiger partial charge in [0.25, 0.3) is 0 Å². The highest BCUT2D eigenvalue weighted by Gasteiger charge is 2.73. The van der Waals surface area contributed by atoms with Crippen LogP contribution in [-0.4, -0.2) is 70.4 Å². The molecule has 2 saturated carbocycles. The van der Waals surface area contributed by atoms with Gasteiger partial charge in [-0.3, -0.25) is 4.90 Å². The predicted molar refractivity (Wildman–Crippen MR) is 160 cm³/mol. The first-order valence-electron chi connectivity index (χ1n) is 15.4. The average Bonchev–Trinajstić information content (AvgIpc) is 3.31. The lowest BCUT2D eigenvalue weighted by molar-refractivity contribution is -0.104. The minimum absolute atomic E-state index is 0.00559. The molecule has 4 aliphatic rings. The number of fused-ring (bicyclic) bond motifs is 1. The average molecular weight is 562 g/mol. The fourth-order valence-corrected chi connectivity index (χ4v) is 9.74. The van der Waals surface area contributed by atoms with Crippen LogP contribution in [0.3, 0.4) is 0 Å². The largest absolute Gasteiger partial charge is 0.508 e. The summed E-state index contributed by atoms with van der Waals surface area (Å²) in [5.74, 6) is 2.12. The van der Waals surface area contributed by atoms with E-state index in [0.29, 0.717) is 36.2 Å². The fourth-order valence-electron chi connectivity index (χ4n) is 9.74. The maximum atomic E-state index is 12.4. The number of alkyl carbamates (subject to hydrolysis) is 1. The Morgan fingerprint density at radius 3 is 2.59 bits per heavy atom. The van der Waals surface area contributed by atoms with Crippen molar-refractivity contribution in [3.63, 3.8) is 0 Å². The van der Waals surface area contributed by atoms with Crippen molar-refractivity contribution >= 4 is 12.0 Å². The van der Waals surface area contributed by atoms with Gasteiger partial charge in [0.15, 0.2) is 0 Å². The third-order valence-corrected chi connectivity index (χ3v) is 11.0. The van der Waals surface area contributed by atoms with Gasteiger partial charge in [0, 0.05) is 55.6 Å². The molecule has 6 rings (SSSR count). The summed E-state index contributed by atoms with van der Waals surface area (Å²) >= 11 is 0. The van der Waals surface area contributed by atoms with Gasteiger partial charge in [0.1, 0.15) is 11.4 Å². The molecule has 1 aromatic heterocycles. The van der Waals surface area contributed by atoms with E-state index < -0.39 is 5.60 Å². The molecule has 1 spiro atoms. The molecular formula is C33H47N5O3. The standard InChI is InChI=1S/C33H47N5O3/c1-20-16-21(2)36-29(35-20)37(7)28-11-13-32-12-10-26(28)33(32)24(17-23-8-9-25(39)18-27(23)33)19-38(22(32)3)15-14-34-30(40)41-31(4,5)6/h8-9,16,18,22,24,26,28,39H,10-15,17,19H2,1-7H3,(H,34,40). The van der Waals surface area contributed by atoms with Gasteiger partial charge in [0.2, 0.25) is 5.95 Å². The molecule has 1 saturated heterocycles. The summed E-state index contributed by atoms with van der Waals surface area (Å²) < 4.78 is 5.49. The second kappa shape index (κ2) is 9.85. The third kappa shape index (κ3) is 4.39. The molecule has 41 heavy (non-hydrogen) atoms. The maximum absolute atomic E-state index is 12.4. The lowest BCUT2D eigenvalue weighted by Gasteiger charge is -2.65. The van der Waals surface area contributed by atoms with E-state index in [1.807, 2.05) is 46.8 Å². The minimum atomic E-state index is -0.505. The number of ether oxygens (including phenoxy) is 1. The zero-order chi connectivity index (χ0) is 29.3. The van der Waals surface area contributed by atoms with E-state index in [2.05, 4.69) is 41.2 Å². The van der Waals surface area contributed by atoms with E-state index in [1.165, 1.54) is 24.0 Å². The van der Waals surface area contributed by atoms with Crippen molar-refractivity contribution in [3.8, 4) is 5.75 Å². The Labute approximate surface area is 244 Å². The highest BCUT2D eigenvalue weighted by molar-refractivity contribution is 5.67. The number of aryl methyl sites for hydroxylation is 2. The predicted octanol–water partition coefficient (Wildman–Crippen LogP) is 5.13. The highest BCUT2D eigenvalue weighted by Crippen LogP contribution is 2.74. The molecule has 3 fully saturated rings. The number of rotatable bonds is 5. The van der Waals surface area contributed by atoms with E-state index in [9.17, 15) is 9.90 Å². The monoisotopic (exact) mass is 561 g/mol. The summed E-state index contributed by atoms with van der Waals surface area (Å²) in [6.07, 6.45) is 5.27. The Kier molecular flexibility index (Phi) is 6.79. The Morgan fingerprint density at radius 1 is 1.17 bits per heavy atom. The summed E-state index contributed by atoms with van der Waals surface area (Å²) in [6, 6.07) is 8.88. The van der Waals surface area contributed by atoms with Gasteiger partial charge in [-0.25, -0.2) is 14.8 Å². The number of carbonyl (C=O) groups is 1. The number of aromatic hydroxyl groups is 1. The Balaban J connectivity index is 1.34. The van der Waals surface area contributed by atoms with Gasteiger partial charge in [-0.15, -0.1) is 0 Å². The van der Waals surface area contributed by atoms with Crippen molar-refractivity contribution in [2.45, 2.75) is 96.7 Å². The number of piperidine rings is 1. The molecule has 8 nitrogen and oxygen atoms in total. The molecule has 2 N–H and O–H groups in total. The van der Waals surface area contributed by atoms with Crippen LogP contribution in [0.15, 0.2) is 24.3 Å². The summed E-state index contributed by atoms with van der Waals surface area (Å²) in [6.45, 7) is 14.6. The summed E-state index contributed by atoms with van der Waals surface area (Å²) in [7, 11) is 2.19. The number of likely N-dealkylation sites (tertiary alicyclic amines) is 1. The van der Waals surface area contributed by atoms with Crippen molar-refractivity contribution in [3.05, 3.63) is 46.8 Å². The molecule has 6 unspecified atom stereocenters. The van der Waals surface area contributed by atoms with Crippen molar-refractivity contribution in [1.82, 2.24) is 20.2 Å². The van der Waals surface area contributed by atoms with Gasteiger partial charge in [-0.05, 0) is 120 Å². The smallest absolute Gasteiger partial charge is 0.407 e. The van der Waals surface area contributed by atoms with Crippen LogP contribution >= 0.6 is 0 Å². The van der Waals surface area contributed by atoms with Gasteiger partial charge < -0.3 is 20.1 Å². The van der Waals surface area contributed by atoms with Crippen molar-refractivity contribution < 1.29 is 14.6 Å². The van der Waals surface area contributed by atoms with E-state index in [4.69, 9.17) is 14.7 Å². The molecule has 1 aromatic carbocycles. The molecule has 0 radical (unpaired) electrons. The first kappa shape index (κ1) is 28.3. The van der Waals surface area contributed by atoms with Crippen molar-refractivity contribution in [2.24, 2.45) is 17.3 Å². The summed E-state index contributed by atoms with van der Waals surface area (Å²) in [5, 5.41) is 13.7. The van der Waals surface area contributed by atoms with Crippen LogP contribution in [0, 0.1) is 31.1 Å².